The van der Waals surface area contributed by atoms with E-state index in [0.717, 1.165) is 24.8 Å². The number of rotatable bonds is 7. The summed E-state index contributed by atoms with van der Waals surface area (Å²) in [6, 6.07) is 7.18. The van der Waals surface area contributed by atoms with Crippen LogP contribution in [0, 0.1) is 0 Å². The molecule has 0 aliphatic carbocycles. The second kappa shape index (κ2) is 8.21. The van der Waals surface area contributed by atoms with Gasteiger partial charge in [-0.3, -0.25) is 4.79 Å². The molecule has 0 fully saturated rings. The summed E-state index contributed by atoms with van der Waals surface area (Å²) in [5.41, 5.74) is 4.50. The Balaban J connectivity index is 3.15. The van der Waals surface area contributed by atoms with E-state index < -0.39 is 29.7 Å². The normalized spacial score (nSPS) is 14.9. The first-order valence-electron chi connectivity index (χ1n) is 8.52. The molecule has 0 aliphatic rings. The van der Waals surface area contributed by atoms with Crippen molar-refractivity contribution < 1.29 is 22.7 Å². The first-order valence-corrected chi connectivity index (χ1v) is 8.52. The van der Waals surface area contributed by atoms with Gasteiger partial charge in [0.25, 0.3) is 0 Å². The zero-order valence-electron chi connectivity index (χ0n) is 15.4. The summed E-state index contributed by atoms with van der Waals surface area (Å²) in [6.07, 6.45) is -3.57. The number of hydrogen-bond acceptors (Lipinski definition) is 3. The van der Waals surface area contributed by atoms with Crippen LogP contribution in [0.4, 0.5) is 13.2 Å². The first kappa shape index (κ1) is 21.5. The van der Waals surface area contributed by atoms with Crippen molar-refractivity contribution in [2.75, 3.05) is 0 Å². The summed E-state index contributed by atoms with van der Waals surface area (Å²) in [5.74, 6) is -1.03. The number of ether oxygens (including phenoxy) is 1. The molecule has 0 heterocycles. The number of carbonyl (C=O) groups excluding carboxylic acids is 1. The number of aryl methyl sites for hydroxylation is 1. The van der Waals surface area contributed by atoms with Gasteiger partial charge in [0.15, 0.2) is 0 Å². The predicted octanol–water partition coefficient (Wildman–Crippen LogP) is 4.56. The molecule has 0 spiro atoms. The zero-order chi connectivity index (χ0) is 19.3. The van der Waals surface area contributed by atoms with Gasteiger partial charge in [-0.25, -0.2) is 0 Å². The van der Waals surface area contributed by atoms with Gasteiger partial charge in [0.05, 0.1) is 6.42 Å². The van der Waals surface area contributed by atoms with Crippen LogP contribution in [-0.4, -0.2) is 23.3 Å². The number of halogens is 3. The van der Waals surface area contributed by atoms with Gasteiger partial charge in [-0.05, 0) is 44.7 Å². The van der Waals surface area contributed by atoms with E-state index in [1.165, 1.54) is 0 Å². The number of benzene rings is 1. The molecule has 2 N–H and O–H groups in total. The smallest absolute Gasteiger partial charge is 0.391 e. The molecule has 3 nitrogen and oxygen atoms in total. The van der Waals surface area contributed by atoms with Crippen LogP contribution < -0.4 is 5.73 Å². The van der Waals surface area contributed by atoms with Crippen molar-refractivity contribution in [2.45, 2.75) is 77.1 Å². The van der Waals surface area contributed by atoms with Crippen LogP contribution in [0.15, 0.2) is 24.3 Å². The quantitative estimate of drug-likeness (QED) is 0.726. The van der Waals surface area contributed by atoms with Crippen LogP contribution >= 0.6 is 0 Å². The van der Waals surface area contributed by atoms with Crippen molar-refractivity contribution in [3.05, 3.63) is 35.4 Å². The van der Waals surface area contributed by atoms with E-state index in [1.807, 2.05) is 19.1 Å². The number of alkyl halides is 3. The highest BCUT2D eigenvalue weighted by Gasteiger charge is 2.47. The van der Waals surface area contributed by atoms with E-state index in [2.05, 4.69) is 0 Å². The van der Waals surface area contributed by atoms with Crippen LogP contribution in [0.5, 0.6) is 0 Å². The SMILES string of the molecule is CCCCc1ccccc1C[C@@](N)(CC(F)(F)F)C(=O)OC(C)(C)C. The third kappa shape index (κ3) is 7.46. The van der Waals surface area contributed by atoms with Crippen molar-refractivity contribution in [2.24, 2.45) is 5.73 Å². The summed E-state index contributed by atoms with van der Waals surface area (Å²) in [4.78, 5) is 12.4. The highest BCUT2D eigenvalue weighted by molar-refractivity contribution is 5.81. The minimum absolute atomic E-state index is 0.207. The Bertz CT molecular complexity index is 579. The summed E-state index contributed by atoms with van der Waals surface area (Å²) in [6.45, 7) is 6.86. The fourth-order valence-corrected chi connectivity index (χ4v) is 2.63. The number of hydrogen-bond donors (Lipinski definition) is 1. The molecule has 0 saturated carbocycles. The molecule has 0 amide bonds. The Morgan fingerprint density at radius 3 is 2.16 bits per heavy atom. The molecule has 0 aromatic heterocycles. The van der Waals surface area contributed by atoms with E-state index in [9.17, 15) is 18.0 Å². The minimum atomic E-state index is -4.57. The van der Waals surface area contributed by atoms with Crippen molar-refractivity contribution in [3.63, 3.8) is 0 Å². The lowest BCUT2D eigenvalue weighted by atomic mass is 9.85. The van der Waals surface area contributed by atoms with Gasteiger partial charge in [-0.2, -0.15) is 13.2 Å². The maximum atomic E-state index is 13.1. The highest BCUT2D eigenvalue weighted by atomic mass is 19.4. The molecule has 1 atom stereocenters. The Hall–Kier alpha value is -1.56. The fourth-order valence-electron chi connectivity index (χ4n) is 2.63. The Morgan fingerprint density at radius 2 is 1.68 bits per heavy atom. The van der Waals surface area contributed by atoms with E-state index >= 15 is 0 Å². The molecule has 25 heavy (non-hydrogen) atoms. The van der Waals surface area contributed by atoms with Gasteiger partial charge in [-0.1, -0.05) is 37.6 Å². The van der Waals surface area contributed by atoms with Gasteiger partial charge >= 0.3 is 12.1 Å². The van der Waals surface area contributed by atoms with Gasteiger partial charge in [0.1, 0.15) is 11.1 Å². The second-order valence-corrected chi connectivity index (χ2v) is 7.50. The highest BCUT2D eigenvalue weighted by Crippen LogP contribution is 2.31. The first-order chi connectivity index (χ1) is 11.4. The van der Waals surface area contributed by atoms with E-state index in [-0.39, 0.29) is 6.42 Å². The van der Waals surface area contributed by atoms with Crippen molar-refractivity contribution >= 4 is 5.97 Å². The number of nitrogens with two attached hydrogens (primary N) is 1. The average Bonchev–Trinajstić information content (AvgIpc) is 2.42. The van der Waals surface area contributed by atoms with Crippen LogP contribution in [-0.2, 0) is 22.4 Å². The standard InChI is InChI=1S/C19H28F3NO2/c1-5-6-9-14-10-7-8-11-15(14)12-18(23,13-19(20,21)22)16(24)25-17(2,3)4/h7-8,10-11H,5-6,9,12-13,23H2,1-4H3/t18-/m1/s1. The number of unbranched alkanes of at least 4 members (excludes halogenated alkanes) is 1. The maximum absolute atomic E-state index is 13.1. The van der Waals surface area contributed by atoms with Crippen LogP contribution in [0.2, 0.25) is 0 Å². The average molecular weight is 359 g/mol. The molecule has 1 aromatic rings. The largest absolute Gasteiger partial charge is 0.459 e. The van der Waals surface area contributed by atoms with Crippen LogP contribution in [0.25, 0.3) is 0 Å². The van der Waals surface area contributed by atoms with Crippen molar-refractivity contribution in [3.8, 4) is 0 Å². The zero-order valence-corrected chi connectivity index (χ0v) is 15.4. The van der Waals surface area contributed by atoms with E-state index in [0.29, 0.717) is 5.56 Å². The van der Waals surface area contributed by atoms with Gasteiger partial charge < -0.3 is 10.5 Å². The molecule has 0 bridgehead atoms. The molecule has 0 radical (unpaired) electrons. The lowest BCUT2D eigenvalue weighted by Crippen LogP contribution is -2.55. The van der Waals surface area contributed by atoms with E-state index in [4.69, 9.17) is 10.5 Å². The monoisotopic (exact) mass is 359 g/mol. The van der Waals surface area contributed by atoms with Crippen LogP contribution in [0.1, 0.15) is 58.1 Å². The molecule has 1 aromatic carbocycles. The van der Waals surface area contributed by atoms with Gasteiger partial charge in [-0.15, -0.1) is 0 Å². The van der Waals surface area contributed by atoms with E-state index in [1.54, 1.807) is 32.9 Å². The Kier molecular flexibility index (Phi) is 7.06. The third-order valence-corrected chi connectivity index (χ3v) is 3.75. The summed E-state index contributed by atoms with van der Waals surface area (Å²) < 4.78 is 44.4. The Morgan fingerprint density at radius 1 is 1.12 bits per heavy atom. The Labute approximate surface area is 147 Å². The lowest BCUT2D eigenvalue weighted by molar-refractivity contribution is -0.179. The lowest BCUT2D eigenvalue weighted by Gasteiger charge is -2.32. The summed E-state index contributed by atoms with van der Waals surface area (Å²) in [7, 11) is 0. The molecule has 0 unspecified atom stereocenters. The summed E-state index contributed by atoms with van der Waals surface area (Å²) in [5, 5.41) is 0. The van der Waals surface area contributed by atoms with Crippen LogP contribution in [0.3, 0.4) is 0 Å². The van der Waals surface area contributed by atoms with Crippen molar-refractivity contribution in [1.29, 1.82) is 0 Å². The molecule has 0 aliphatic heterocycles. The molecular formula is C19H28F3NO2. The summed E-state index contributed by atoms with van der Waals surface area (Å²) >= 11 is 0. The molecule has 142 valence electrons. The third-order valence-electron chi connectivity index (χ3n) is 3.75. The maximum Gasteiger partial charge on any atom is 0.391 e. The van der Waals surface area contributed by atoms with Gasteiger partial charge in [0.2, 0.25) is 0 Å². The number of carbonyl (C=O) groups is 1. The van der Waals surface area contributed by atoms with Crippen molar-refractivity contribution in [1.82, 2.24) is 0 Å². The van der Waals surface area contributed by atoms with Gasteiger partial charge in [0, 0.05) is 6.42 Å². The fraction of sp³-hybridized carbons (Fsp3) is 0.632. The molecular weight excluding hydrogens is 331 g/mol. The second-order valence-electron chi connectivity index (χ2n) is 7.50. The number of esters is 1. The predicted molar refractivity (Wildman–Crippen MR) is 92.2 cm³/mol. The molecule has 0 saturated heterocycles. The molecule has 1 rings (SSSR count). The minimum Gasteiger partial charge on any atom is -0.459 e. The topological polar surface area (TPSA) is 52.3 Å². The molecule has 6 heteroatoms.